The van der Waals surface area contributed by atoms with E-state index in [1.165, 1.54) is 25.7 Å². The highest BCUT2D eigenvalue weighted by Crippen LogP contribution is 2.27. The van der Waals surface area contributed by atoms with Crippen molar-refractivity contribution in [3.05, 3.63) is 0 Å². The Morgan fingerprint density at radius 1 is 1.15 bits per heavy atom. The summed E-state index contributed by atoms with van der Waals surface area (Å²) in [7, 11) is 0. The Bertz CT molecular complexity index is 154. The first-order valence-electron chi connectivity index (χ1n) is 5.68. The highest BCUT2D eigenvalue weighted by atomic mass is 16.5. The first kappa shape index (κ1) is 9.47. The van der Waals surface area contributed by atoms with E-state index in [1.54, 1.807) is 0 Å². The van der Waals surface area contributed by atoms with Crippen molar-refractivity contribution in [1.29, 1.82) is 0 Å². The van der Waals surface area contributed by atoms with Crippen LogP contribution in [0, 0.1) is 5.92 Å². The molecule has 1 saturated heterocycles. The van der Waals surface area contributed by atoms with Crippen molar-refractivity contribution in [2.45, 2.75) is 38.6 Å². The second-order valence-corrected chi connectivity index (χ2v) is 4.57. The fourth-order valence-corrected chi connectivity index (χ4v) is 2.68. The van der Waals surface area contributed by atoms with Gasteiger partial charge in [-0.05, 0) is 18.8 Å². The lowest BCUT2D eigenvalue weighted by Gasteiger charge is -2.38. The molecule has 0 aromatic rings. The summed E-state index contributed by atoms with van der Waals surface area (Å²) in [5.74, 6) is 0.946. The predicted molar refractivity (Wildman–Crippen MR) is 53.8 cm³/mol. The van der Waals surface area contributed by atoms with Crippen LogP contribution in [-0.2, 0) is 4.74 Å². The van der Waals surface area contributed by atoms with Crippen LogP contribution in [0.3, 0.4) is 0 Å². The zero-order valence-electron chi connectivity index (χ0n) is 8.67. The minimum Gasteiger partial charge on any atom is -0.379 e. The van der Waals surface area contributed by atoms with Gasteiger partial charge in [-0.3, -0.25) is 4.90 Å². The lowest BCUT2D eigenvalue weighted by Crippen LogP contribution is -2.45. The molecule has 0 bridgehead atoms. The molecule has 1 unspecified atom stereocenters. The molecule has 2 rings (SSSR count). The summed E-state index contributed by atoms with van der Waals surface area (Å²) in [5, 5.41) is 0. The summed E-state index contributed by atoms with van der Waals surface area (Å²) in [6.07, 6.45) is 5.72. The topological polar surface area (TPSA) is 12.5 Å². The van der Waals surface area contributed by atoms with Gasteiger partial charge in [-0.25, -0.2) is 0 Å². The maximum absolute atomic E-state index is 5.38. The number of hydrogen-bond acceptors (Lipinski definition) is 2. The fraction of sp³-hybridized carbons (Fsp3) is 1.00. The van der Waals surface area contributed by atoms with Gasteiger partial charge in [0.2, 0.25) is 0 Å². The lowest BCUT2D eigenvalue weighted by molar-refractivity contribution is 0.00392. The van der Waals surface area contributed by atoms with Gasteiger partial charge in [0.25, 0.3) is 0 Å². The molecule has 2 heteroatoms. The predicted octanol–water partition coefficient (Wildman–Crippen LogP) is 1.90. The second-order valence-electron chi connectivity index (χ2n) is 4.57. The standard InChI is InChI=1S/C11H21NO/c1-10-3-2-4-11(9-10)12-5-7-13-8-6-12/h10-11H,2-9H2,1H3/t10?,11-/m1/s1. The van der Waals surface area contributed by atoms with Crippen molar-refractivity contribution in [1.82, 2.24) is 4.90 Å². The molecule has 76 valence electrons. The number of rotatable bonds is 1. The van der Waals surface area contributed by atoms with Crippen LogP contribution in [0.25, 0.3) is 0 Å². The molecule has 13 heavy (non-hydrogen) atoms. The molecular formula is C11H21NO. The van der Waals surface area contributed by atoms with Gasteiger partial charge < -0.3 is 4.74 Å². The number of morpholine rings is 1. The van der Waals surface area contributed by atoms with Crippen LogP contribution in [0.5, 0.6) is 0 Å². The van der Waals surface area contributed by atoms with Crippen LogP contribution in [0.1, 0.15) is 32.6 Å². The first-order chi connectivity index (χ1) is 6.36. The monoisotopic (exact) mass is 183 g/mol. The van der Waals surface area contributed by atoms with Crippen molar-refractivity contribution < 1.29 is 4.74 Å². The van der Waals surface area contributed by atoms with Crippen LogP contribution >= 0.6 is 0 Å². The SMILES string of the molecule is CC1CCC[C@@H](N2CCOCC2)C1. The molecule has 0 amide bonds. The smallest absolute Gasteiger partial charge is 0.0594 e. The highest BCUT2D eigenvalue weighted by Gasteiger charge is 2.25. The molecule has 0 aromatic heterocycles. The Kier molecular flexibility index (Phi) is 3.23. The van der Waals surface area contributed by atoms with Crippen molar-refractivity contribution >= 4 is 0 Å². The van der Waals surface area contributed by atoms with E-state index < -0.39 is 0 Å². The van der Waals surface area contributed by atoms with Crippen molar-refractivity contribution in [3.63, 3.8) is 0 Å². The molecule has 2 atom stereocenters. The molecule has 2 fully saturated rings. The van der Waals surface area contributed by atoms with Crippen molar-refractivity contribution in [3.8, 4) is 0 Å². The van der Waals surface area contributed by atoms with E-state index in [9.17, 15) is 0 Å². The molecule has 0 aromatic carbocycles. The molecule has 2 nitrogen and oxygen atoms in total. The molecule has 0 N–H and O–H groups in total. The average Bonchev–Trinajstić information content (AvgIpc) is 2.19. The molecule has 1 saturated carbocycles. The number of ether oxygens (including phenoxy) is 1. The average molecular weight is 183 g/mol. The third kappa shape index (κ3) is 2.44. The zero-order chi connectivity index (χ0) is 9.10. The third-order valence-corrected chi connectivity index (χ3v) is 3.47. The van der Waals surface area contributed by atoms with E-state index in [1.807, 2.05) is 0 Å². The lowest BCUT2D eigenvalue weighted by atomic mass is 9.86. The van der Waals surface area contributed by atoms with Gasteiger partial charge in [0.15, 0.2) is 0 Å². The van der Waals surface area contributed by atoms with Gasteiger partial charge >= 0.3 is 0 Å². The molecule has 0 spiro atoms. The maximum atomic E-state index is 5.38. The fourth-order valence-electron chi connectivity index (χ4n) is 2.68. The summed E-state index contributed by atoms with van der Waals surface area (Å²) in [4.78, 5) is 2.64. The van der Waals surface area contributed by atoms with Crippen molar-refractivity contribution in [2.24, 2.45) is 5.92 Å². The van der Waals surface area contributed by atoms with Gasteiger partial charge in [0, 0.05) is 19.1 Å². The van der Waals surface area contributed by atoms with Crippen LogP contribution < -0.4 is 0 Å². The maximum Gasteiger partial charge on any atom is 0.0594 e. The van der Waals surface area contributed by atoms with Crippen LogP contribution in [0.2, 0.25) is 0 Å². The Labute approximate surface area is 81.3 Å². The molecular weight excluding hydrogens is 162 g/mol. The normalized spacial score (nSPS) is 37.6. The number of hydrogen-bond donors (Lipinski definition) is 0. The summed E-state index contributed by atoms with van der Waals surface area (Å²) in [6, 6.07) is 0.868. The summed E-state index contributed by atoms with van der Waals surface area (Å²) in [5.41, 5.74) is 0. The largest absolute Gasteiger partial charge is 0.379 e. The third-order valence-electron chi connectivity index (χ3n) is 3.47. The van der Waals surface area contributed by atoms with Gasteiger partial charge in [-0.2, -0.15) is 0 Å². The minimum absolute atomic E-state index is 0.868. The van der Waals surface area contributed by atoms with E-state index in [0.29, 0.717) is 0 Å². The van der Waals surface area contributed by atoms with E-state index in [2.05, 4.69) is 11.8 Å². The van der Waals surface area contributed by atoms with Crippen LogP contribution in [0.15, 0.2) is 0 Å². The Hall–Kier alpha value is -0.0800. The van der Waals surface area contributed by atoms with Gasteiger partial charge in [-0.15, -0.1) is 0 Å². The molecule has 0 radical (unpaired) electrons. The van der Waals surface area contributed by atoms with E-state index in [4.69, 9.17) is 4.74 Å². The molecule has 1 aliphatic carbocycles. The van der Waals surface area contributed by atoms with Gasteiger partial charge in [0.1, 0.15) is 0 Å². The van der Waals surface area contributed by atoms with E-state index in [0.717, 1.165) is 38.3 Å². The Morgan fingerprint density at radius 2 is 1.92 bits per heavy atom. The van der Waals surface area contributed by atoms with Crippen LogP contribution in [0.4, 0.5) is 0 Å². The molecule has 2 aliphatic rings. The summed E-state index contributed by atoms with van der Waals surface area (Å²) >= 11 is 0. The van der Waals surface area contributed by atoms with Crippen molar-refractivity contribution in [2.75, 3.05) is 26.3 Å². The Morgan fingerprint density at radius 3 is 2.62 bits per heavy atom. The van der Waals surface area contributed by atoms with Gasteiger partial charge in [-0.1, -0.05) is 19.8 Å². The minimum atomic E-state index is 0.868. The molecule has 1 heterocycles. The summed E-state index contributed by atoms with van der Waals surface area (Å²) < 4.78 is 5.38. The molecule has 1 aliphatic heterocycles. The Balaban J connectivity index is 1.83. The van der Waals surface area contributed by atoms with E-state index in [-0.39, 0.29) is 0 Å². The second kappa shape index (κ2) is 4.43. The van der Waals surface area contributed by atoms with Gasteiger partial charge in [0.05, 0.1) is 13.2 Å². The number of nitrogens with zero attached hydrogens (tertiary/aromatic N) is 1. The quantitative estimate of drug-likeness (QED) is 0.615. The first-order valence-corrected chi connectivity index (χ1v) is 5.68. The van der Waals surface area contributed by atoms with Crippen LogP contribution in [-0.4, -0.2) is 37.2 Å². The summed E-state index contributed by atoms with van der Waals surface area (Å²) in [6.45, 7) is 6.62. The van der Waals surface area contributed by atoms with E-state index >= 15 is 0 Å². The zero-order valence-corrected chi connectivity index (χ0v) is 8.67. The highest BCUT2D eigenvalue weighted by molar-refractivity contribution is 4.79.